The Morgan fingerprint density at radius 1 is 1.38 bits per heavy atom. The molecule has 1 heterocycles. The summed E-state index contributed by atoms with van der Waals surface area (Å²) >= 11 is 0. The molecule has 3 heteroatoms. The first kappa shape index (κ1) is 11.0. The molecule has 0 saturated carbocycles. The SMILES string of the molecule is COCC(C)COC1CCCCO1. The average molecular weight is 188 g/mol. The quantitative estimate of drug-likeness (QED) is 0.658. The molecule has 1 rings (SSSR count). The molecule has 1 saturated heterocycles. The van der Waals surface area contributed by atoms with Crippen molar-refractivity contribution in [2.75, 3.05) is 26.9 Å². The summed E-state index contributed by atoms with van der Waals surface area (Å²) in [7, 11) is 1.72. The van der Waals surface area contributed by atoms with Crippen LogP contribution in [0.3, 0.4) is 0 Å². The van der Waals surface area contributed by atoms with E-state index in [1.165, 1.54) is 12.8 Å². The summed E-state index contributed by atoms with van der Waals surface area (Å²) in [5.74, 6) is 0.454. The van der Waals surface area contributed by atoms with E-state index in [2.05, 4.69) is 6.92 Å². The summed E-state index contributed by atoms with van der Waals surface area (Å²) in [5.41, 5.74) is 0. The molecule has 0 aromatic heterocycles. The Labute approximate surface area is 80.4 Å². The lowest BCUT2D eigenvalue weighted by Gasteiger charge is -2.24. The zero-order chi connectivity index (χ0) is 9.52. The highest BCUT2D eigenvalue weighted by molar-refractivity contribution is 4.55. The van der Waals surface area contributed by atoms with Crippen LogP contribution in [-0.2, 0) is 14.2 Å². The molecule has 0 radical (unpaired) electrons. The standard InChI is InChI=1S/C10H20O3/c1-9(7-11-2)8-13-10-5-3-4-6-12-10/h9-10H,3-8H2,1-2H3. The van der Waals surface area contributed by atoms with Gasteiger partial charge in [-0.1, -0.05) is 6.92 Å². The molecule has 0 N–H and O–H groups in total. The second-order valence-electron chi connectivity index (χ2n) is 3.69. The molecule has 0 spiro atoms. The van der Waals surface area contributed by atoms with E-state index in [0.717, 1.165) is 26.2 Å². The molecule has 78 valence electrons. The van der Waals surface area contributed by atoms with Crippen LogP contribution in [0, 0.1) is 5.92 Å². The van der Waals surface area contributed by atoms with Crippen molar-refractivity contribution in [3.8, 4) is 0 Å². The number of hydrogen-bond acceptors (Lipinski definition) is 3. The van der Waals surface area contributed by atoms with Gasteiger partial charge < -0.3 is 14.2 Å². The molecule has 0 aliphatic carbocycles. The van der Waals surface area contributed by atoms with E-state index >= 15 is 0 Å². The van der Waals surface area contributed by atoms with Crippen molar-refractivity contribution in [2.45, 2.75) is 32.5 Å². The predicted octanol–water partition coefficient (Wildman–Crippen LogP) is 1.81. The fourth-order valence-electron chi connectivity index (χ4n) is 1.45. The molecule has 1 aliphatic rings. The summed E-state index contributed by atoms with van der Waals surface area (Å²) < 4.78 is 16.1. The Bertz CT molecular complexity index is 121. The maximum absolute atomic E-state index is 5.60. The highest BCUT2D eigenvalue weighted by Crippen LogP contribution is 2.14. The lowest BCUT2D eigenvalue weighted by molar-refractivity contribution is -0.170. The Morgan fingerprint density at radius 2 is 2.23 bits per heavy atom. The lowest BCUT2D eigenvalue weighted by atomic mass is 10.2. The molecular formula is C10H20O3. The molecule has 1 fully saturated rings. The van der Waals surface area contributed by atoms with Gasteiger partial charge in [-0.25, -0.2) is 0 Å². The molecule has 0 amide bonds. The van der Waals surface area contributed by atoms with Crippen molar-refractivity contribution < 1.29 is 14.2 Å². The van der Waals surface area contributed by atoms with E-state index in [1.807, 2.05) is 0 Å². The predicted molar refractivity (Wildman–Crippen MR) is 50.6 cm³/mol. The van der Waals surface area contributed by atoms with Crippen molar-refractivity contribution >= 4 is 0 Å². The van der Waals surface area contributed by atoms with Gasteiger partial charge in [0.2, 0.25) is 0 Å². The largest absolute Gasteiger partial charge is 0.384 e. The van der Waals surface area contributed by atoms with Crippen LogP contribution in [0.25, 0.3) is 0 Å². The minimum absolute atomic E-state index is 0.0352. The second kappa shape index (κ2) is 6.35. The van der Waals surface area contributed by atoms with E-state index in [4.69, 9.17) is 14.2 Å². The Balaban J connectivity index is 2.03. The molecule has 13 heavy (non-hydrogen) atoms. The van der Waals surface area contributed by atoms with Gasteiger partial charge in [0.25, 0.3) is 0 Å². The van der Waals surface area contributed by atoms with Gasteiger partial charge in [0.1, 0.15) is 0 Å². The van der Waals surface area contributed by atoms with Crippen molar-refractivity contribution in [3.63, 3.8) is 0 Å². The monoisotopic (exact) mass is 188 g/mol. The van der Waals surface area contributed by atoms with E-state index in [9.17, 15) is 0 Å². The first-order valence-electron chi connectivity index (χ1n) is 5.05. The molecule has 1 aliphatic heterocycles. The maximum Gasteiger partial charge on any atom is 0.157 e. The smallest absolute Gasteiger partial charge is 0.157 e. The molecule has 0 aromatic carbocycles. The van der Waals surface area contributed by atoms with Gasteiger partial charge in [-0.15, -0.1) is 0 Å². The van der Waals surface area contributed by atoms with Gasteiger partial charge in [0.15, 0.2) is 6.29 Å². The van der Waals surface area contributed by atoms with Crippen LogP contribution in [0.2, 0.25) is 0 Å². The fraction of sp³-hybridized carbons (Fsp3) is 1.00. The fourth-order valence-corrected chi connectivity index (χ4v) is 1.45. The first-order valence-corrected chi connectivity index (χ1v) is 5.05. The van der Waals surface area contributed by atoms with E-state index in [-0.39, 0.29) is 6.29 Å². The highest BCUT2D eigenvalue weighted by Gasteiger charge is 2.14. The van der Waals surface area contributed by atoms with Crippen molar-refractivity contribution in [1.82, 2.24) is 0 Å². The summed E-state index contributed by atoms with van der Waals surface area (Å²) in [5, 5.41) is 0. The van der Waals surface area contributed by atoms with E-state index < -0.39 is 0 Å². The number of rotatable bonds is 5. The number of methoxy groups -OCH3 is 1. The lowest BCUT2D eigenvalue weighted by Crippen LogP contribution is -2.25. The van der Waals surface area contributed by atoms with Crippen LogP contribution in [-0.4, -0.2) is 33.2 Å². The molecule has 0 bridgehead atoms. The Hall–Kier alpha value is -0.120. The third-order valence-electron chi connectivity index (χ3n) is 2.16. The van der Waals surface area contributed by atoms with Crippen LogP contribution in [0.1, 0.15) is 26.2 Å². The average Bonchev–Trinajstić information content (AvgIpc) is 2.17. The van der Waals surface area contributed by atoms with Gasteiger partial charge in [-0.3, -0.25) is 0 Å². The van der Waals surface area contributed by atoms with E-state index in [1.54, 1.807) is 7.11 Å². The Morgan fingerprint density at radius 3 is 2.85 bits per heavy atom. The zero-order valence-electron chi connectivity index (χ0n) is 8.62. The second-order valence-corrected chi connectivity index (χ2v) is 3.69. The van der Waals surface area contributed by atoms with Crippen LogP contribution in [0.15, 0.2) is 0 Å². The maximum atomic E-state index is 5.60. The summed E-state index contributed by atoms with van der Waals surface area (Å²) in [6, 6.07) is 0. The molecule has 2 unspecified atom stereocenters. The van der Waals surface area contributed by atoms with Crippen molar-refractivity contribution in [3.05, 3.63) is 0 Å². The minimum Gasteiger partial charge on any atom is -0.384 e. The summed E-state index contributed by atoms with van der Waals surface area (Å²) in [6.07, 6.45) is 3.48. The topological polar surface area (TPSA) is 27.7 Å². The minimum atomic E-state index is 0.0352. The van der Waals surface area contributed by atoms with Crippen molar-refractivity contribution in [1.29, 1.82) is 0 Å². The normalized spacial score (nSPS) is 25.8. The van der Waals surface area contributed by atoms with Crippen LogP contribution >= 0.6 is 0 Å². The summed E-state index contributed by atoms with van der Waals surface area (Å²) in [4.78, 5) is 0. The Kier molecular flexibility index (Phi) is 5.35. The number of hydrogen-bond donors (Lipinski definition) is 0. The van der Waals surface area contributed by atoms with Crippen LogP contribution < -0.4 is 0 Å². The van der Waals surface area contributed by atoms with Crippen molar-refractivity contribution in [2.24, 2.45) is 5.92 Å². The molecule has 2 atom stereocenters. The molecular weight excluding hydrogens is 168 g/mol. The van der Waals surface area contributed by atoms with Gasteiger partial charge in [0.05, 0.1) is 13.2 Å². The van der Waals surface area contributed by atoms with Gasteiger partial charge >= 0.3 is 0 Å². The molecule has 3 nitrogen and oxygen atoms in total. The van der Waals surface area contributed by atoms with Gasteiger partial charge in [-0.2, -0.15) is 0 Å². The van der Waals surface area contributed by atoms with Gasteiger partial charge in [-0.05, 0) is 19.3 Å². The number of ether oxygens (including phenoxy) is 3. The first-order chi connectivity index (χ1) is 6.33. The van der Waals surface area contributed by atoms with Crippen LogP contribution in [0.5, 0.6) is 0 Å². The zero-order valence-corrected chi connectivity index (χ0v) is 8.62. The molecule has 0 aromatic rings. The third kappa shape index (κ3) is 4.60. The third-order valence-corrected chi connectivity index (χ3v) is 2.16. The highest BCUT2D eigenvalue weighted by atomic mass is 16.7. The van der Waals surface area contributed by atoms with Crippen LogP contribution in [0.4, 0.5) is 0 Å². The van der Waals surface area contributed by atoms with Gasteiger partial charge in [0, 0.05) is 19.6 Å². The van der Waals surface area contributed by atoms with E-state index in [0.29, 0.717) is 5.92 Å². The summed E-state index contributed by atoms with van der Waals surface area (Å²) in [6.45, 7) is 4.46.